The second-order valence-electron chi connectivity index (χ2n) is 12.1. The molecule has 4 N–H and O–H groups in total. The Labute approximate surface area is 334 Å². The Morgan fingerprint density at radius 2 is 1.30 bits per heavy atom. The summed E-state index contributed by atoms with van der Waals surface area (Å²) in [6, 6.07) is 19.1. The average Bonchev–Trinajstić information content (AvgIpc) is 3.12. The number of halogens is 1. The number of anilines is 2. The first-order valence-electron chi connectivity index (χ1n) is 16.4. The molecule has 19 heteroatoms. The predicted molar refractivity (Wildman–Crippen MR) is 221 cm³/mol. The summed E-state index contributed by atoms with van der Waals surface area (Å²) in [4.78, 5) is 45.8. The van der Waals surface area contributed by atoms with Crippen LogP contribution in [0.15, 0.2) is 88.1 Å². The van der Waals surface area contributed by atoms with Gasteiger partial charge in [-0.25, -0.2) is 24.4 Å². The van der Waals surface area contributed by atoms with Crippen molar-refractivity contribution < 1.29 is 28.6 Å². The first kappa shape index (κ1) is 49.2. The van der Waals surface area contributed by atoms with Gasteiger partial charge in [-0.3, -0.25) is 10.6 Å². The molecule has 2 aromatic heterocycles. The van der Waals surface area contributed by atoms with Gasteiger partial charge in [0.1, 0.15) is 30.5 Å². The monoisotopic (exact) mass is 806 g/mol. The van der Waals surface area contributed by atoms with Crippen molar-refractivity contribution in [1.82, 2.24) is 20.2 Å². The highest BCUT2D eigenvalue weighted by Gasteiger charge is 2.25. The number of nitrogens with one attached hydrogen (secondary N) is 4. The summed E-state index contributed by atoms with van der Waals surface area (Å²) in [5, 5.41) is 17.4. The molecule has 54 heavy (non-hydrogen) atoms. The fraction of sp³-hybridized carbons (Fsp3) is 0.400. The maximum atomic E-state index is 12.2. The maximum Gasteiger partial charge on any atom is 0.412 e. The minimum atomic E-state index is -0.617. The van der Waals surface area contributed by atoms with Crippen molar-refractivity contribution in [3.05, 3.63) is 73.1 Å². The molecular formula is C35H51ClN10O6S2. The van der Waals surface area contributed by atoms with Crippen LogP contribution in [-0.2, 0) is 14.2 Å². The lowest BCUT2D eigenvalue weighted by atomic mass is 10.2. The second-order valence-corrected chi connectivity index (χ2v) is 12.2. The number of carbonyl (C=O) groups excluding carboxylic acids is 3. The summed E-state index contributed by atoms with van der Waals surface area (Å²) in [7, 11) is 3.48. The zero-order chi connectivity index (χ0) is 38.5. The molecule has 0 aliphatic rings. The summed E-state index contributed by atoms with van der Waals surface area (Å²) in [6.45, 7) is 9.77. The van der Waals surface area contributed by atoms with E-state index in [1.54, 1.807) is 46.3 Å². The van der Waals surface area contributed by atoms with Crippen LogP contribution in [-0.4, -0.2) is 78.1 Å². The van der Waals surface area contributed by atoms with Crippen LogP contribution in [0.1, 0.15) is 47.5 Å². The van der Waals surface area contributed by atoms with Gasteiger partial charge < -0.3 is 24.4 Å². The highest BCUT2D eigenvalue weighted by Crippen LogP contribution is 2.18. The van der Waals surface area contributed by atoms with Crippen LogP contribution < -0.4 is 16.0 Å². The first-order valence-corrected chi connectivity index (χ1v) is 16.8. The highest BCUT2D eigenvalue weighted by atomic mass is 35.5. The third-order valence-electron chi connectivity index (χ3n) is 7.22. The number of carbonyl (C=O) groups is 3. The van der Waals surface area contributed by atoms with Gasteiger partial charge in [-0.15, -0.1) is 0 Å². The van der Waals surface area contributed by atoms with Crippen LogP contribution in [0.25, 0.3) is 21.5 Å². The zero-order valence-electron chi connectivity index (χ0n) is 31.4. The van der Waals surface area contributed by atoms with E-state index in [9.17, 15) is 14.4 Å². The lowest BCUT2D eigenvalue weighted by molar-refractivity contribution is 0.0145. The molecule has 2 atom stereocenters. The summed E-state index contributed by atoms with van der Waals surface area (Å²) < 4.78 is 18.4. The summed E-state index contributed by atoms with van der Waals surface area (Å²) in [5.41, 5.74) is 5.30. The Kier molecular flexibility index (Phi) is 23.8. The lowest BCUT2D eigenvalue weighted by Gasteiger charge is -2.29. The maximum absolute atomic E-state index is 12.2. The minimum absolute atomic E-state index is 0. The van der Waals surface area contributed by atoms with E-state index >= 15 is 0 Å². The molecule has 0 saturated carbocycles. The lowest BCUT2D eigenvalue weighted by Crippen LogP contribution is -2.43. The molecule has 2 aromatic carbocycles. The number of hydrogen-bond donors (Lipinski definition) is 4. The molecule has 0 fully saturated rings. The first-order chi connectivity index (χ1) is 24.8. The third-order valence-corrected chi connectivity index (χ3v) is 7.29. The number of fused-ring (bicyclic) bond motifs is 2. The Morgan fingerprint density at radius 3 is 1.67 bits per heavy atom. The number of pyridine rings is 2. The number of amides is 3. The molecule has 296 valence electrons. The standard InChI is InChI=1S/C20H27N3O4.C15H19N3O2.ClHN4.2H2S/c1-6-16(23(5)19(25)27-20(2,3)4)13-26-18(24)22-17-11-14-9-7-8-10-15(14)12-21-17;1-3-13(16-2)10-20-15(19)18-14-8-11-6-4-5-7-12(11)9-17-14;1-3-5-4-2;;/h7-12,16H,6,13H2,1-5H3,(H,21,22,24);4-9,13,16H,3,10H2,1-2H3,(H,17,18,19);2H;2*1H2/t16-;13-;;;/m00.../s1. The van der Waals surface area contributed by atoms with Crippen molar-refractivity contribution in [3.8, 4) is 0 Å². The van der Waals surface area contributed by atoms with Gasteiger partial charge in [-0.2, -0.15) is 32.5 Å². The van der Waals surface area contributed by atoms with Crippen LogP contribution in [0.5, 0.6) is 0 Å². The molecule has 0 radical (unpaired) electrons. The van der Waals surface area contributed by atoms with Gasteiger partial charge in [0.2, 0.25) is 0 Å². The number of nitrogens with zero attached hydrogens (tertiary/aromatic N) is 6. The molecule has 3 amide bonds. The molecule has 0 spiro atoms. The van der Waals surface area contributed by atoms with E-state index in [1.165, 1.54) is 4.90 Å². The average molecular weight is 807 g/mol. The largest absolute Gasteiger partial charge is 0.448 e. The third kappa shape index (κ3) is 18.3. The van der Waals surface area contributed by atoms with Gasteiger partial charge in [0.15, 0.2) is 0 Å². The van der Waals surface area contributed by atoms with E-state index < -0.39 is 23.9 Å². The van der Waals surface area contributed by atoms with Crippen LogP contribution in [0.3, 0.4) is 0 Å². The van der Waals surface area contributed by atoms with E-state index in [-0.39, 0.29) is 45.7 Å². The normalized spacial score (nSPS) is 11.5. The predicted octanol–water partition coefficient (Wildman–Crippen LogP) is 8.97. The highest BCUT2D eigenvalue weighted by molar-refractivity contribution is 7.59. The number of ether oxygens (including phenoxy) is 3. The van der Waals surface area contributed by atoms with Gasteiger partial charge in [0.25, 0.3) is 0 Å². The summed E-state index contributed by atoms with van der Waals surface area (Å²) in [6.07, 6.45) is 3.39. The van der Waals surface area contributed by atoms with E-state index in [4.69, 9.17) is 19.7 Å². The molecule has 4 rings (SSSR count). The van der Waals surface area contributed by atoms with Crippen LogP contribution in [0, 0.1) is 5.53 Å². The molecule has 0 bridgehead atoms. The van der Waals surface area contributed by atoms with Crippen molar-refractivity contribution in [2.45, 2.75) is 65.1 Å². The number of likely N-dealkylation sites (N-methyl/N-ethyl adjacent to an activating group) is 2. The SMILES string of the molecule is CC[C@@H](COC(=O)Nc1cc2ccccc2cn1)N(C)C(=O)OC(C)(C)C.CC[C@@H](COC(=O)Nc1cc2ccccc2cn1)NC.N=NN=NCl.S.S. The summed E-state index contributed by atoms with van der Waals surface area (Å²) in [5.74, 6) is 0.901. The van der Waals surface area contributed by atoms with Crippen molar-refractivity contribution in [2.75, 3.05) is 37.9 Å². The number of hydrogen-bond acceptors (Lipinski definition) is 11. The molecular weight excluding hydrogens is 756 g/mol. The number of rotatable bonds is 11. The van der Waals surface area contributed by atoms with Gasteiger partial charge >= 0.3 is 18.3 Å². The minimum Gasteiger partial charge on any atom is -0.448 e. The molecule has 0 aliphatic carbocycles. The van der Waals surface area contributed by atoms with Crippen LogP contribution in [0.4, 0.5) is 26.0 Å². The Hall–Kier alpha value is -4.78. The Balaban J connectivity index is 0.000000920. The van der Waals surface area contributed by atoms with Crippen molar-refractivity contribution in [2.24, 2.45) is 15.1 Å². The van der Waals surface area contributed by atoms with E-state index in [2.05, 4.69) is 52.8 Å². The molecule has 2 heterocycles. The van der Waals surface area contributed by atoms with Gasteiger partial charge in [0, 0.05) is 36.3 Å². The zero-order valence-corrected chi connectivity index (χ0v) is 34.2. The van der Waals surface area contributed by atoms with Gasteiger partial charge in [-0.05, 0) is 74.0 Å². The molecule has 0 unspecified atom stereocenters. The summed E-state index contributed by atoms with van der Waals surface area (Å²) >= 11 is 4.55. The second kappa shape index (κ2) is 26.1. The van der Waals surface area contributed by atoms with E-state index in [0.717, 1.165) is 28.0 Å². The quantitative estimate of drug-likeness (QED) is 0.0647. The number of aromatic nitrogens is 2. The van der Waals surface area contributed by atoms with Crippen LogP contribution >= 0.6 is 38.8 Å². The molecule has 0 saturated heterocycles. The Bertz CT molecular complexity index is 1780. The van der Waals surface area contributed by atoms with Gasteiger partial charge in [-0.1, -0.05) is 67.0 Å². The topological polar surface area (TPSA) is 205 Å². The fourth-order valence-corrected chi connectivity index (χ4v) is 4.38. The van der Waals surface area contributed by atoms with Gasteiger partial charge in [0.05, 0.1) is 17.8 Å². The van der Waals surface area contributed by atoms with E-state index in [1.807, 2.05) is 75.5 Å². The van der Waals surface area contributed by atoms with Crippen molar-refractivity contribution >= 4 is 90.2 Å². The molecule has 16 nitrogen and oxygen atoms in total. The van der Waals surface area contributed by atoms with E-state index in [0.29, 0.717) is 24.7 Å². The smallest absolute Gasteiger partial charge is 0.412 e. The molecule has 4 aromatic rings. The number of benzene rings is 2. The van der Waals surface area contributed by atoms with Crippen molar-refractivity contribution in [1.29, 1.82) is 5.53 Å². The van der Waals surface area contributed by atoms with Crippen LogP contribution in [0.2, 0.25) is 0 Å². The van der Waals surface area contributed by atoms with Crippen molar-refractivity contribution in [3.63, 3.8) is 0 Å². The fourth-order valence-electron chi connectivity index (χ4n) is 4.34. The Morgan fingerprint density at radius 1 is 0.833 bits per heavy atom. The molecule has 0 aliphatic heterocycles.